The Kier molecular flexibility index (Phi) is 5.04. The van der Waals surface area contributed by atoms with Gasteiger partial charge in [-0.25, -0.2) is 17.5 Å². The Balaban J connectivity index is 2.97. The molecule has 4 nitrogen and oxygen atoms in total. The zero-order valence-electron chi connectivity index (χ0n) is 9.74. The molecular weight excluding hydrogens is 243 g/mol. The summed E-state index contributed by atoms with van der Waals surface area (Å²) in [4.78, 5) is -0.337. The van der Waals surface area contributed by atoms with E-state index < -0.39 is 15.8 Å². The Hall–Kier alpha value is -0.980. The third-order valence-electron chi connectivity index (χ3n) is 2.34. The van der Waals surface area contributed by atoms with Crippen LogP contribution in [0.15, 0.2) is 23.1 Å². The molecule has 0 aromatic heterocycles. The van der Waals surface area contributed by atoms with Crippen molar-refractivity contribution >= 4 is 10.0 Å². The van der Waals surface area contributed by atoms with Crippen LogP contribution >= 0.6 is 0 Å². The van der Waals surface area contributed by atoms with Gasteiger partial charge in [0.05, 0.1) is 0 Å². The average Bonchev–Trinajstić information content (AvgIpc) is 2.29. The van der Waals surface area contributed by atoms with Crippen molar-refractivity contribution in [3.63, 3.8) is 0 Å². The molecule has 0 aliphatic carbocycles. The second-order valence-electron chi connectivity index (χ2n) is 3.72. The fourth-order valence-corrected chi connectivity index (χ4v) is 2.54. The van der Waals surface area contributed by atoms with Crippen molar-refractivity contribution in [3.8, 4) is 0 Å². The zero-order valence-corrected chi connectivity index (χ0v) is 10.6. The van der Waals surface area contributed by atoms with Crippen LogP contribution in [-0.4, -0.2) is 15.0 Å². The Labute approximate surface area is 101 Å². The number of hydrogen-bond donors (Lipinski definition) is 2. The molecule has 0 spiro atoms. The quantitative estimate of drug-likeness (QED) is 0.759. The Bertz CT molecular complexity index is 474. The molecule has 0 atom stereocenters. The van der Waals surface area contributed by atoms with E-state index in [0.717, 1.165) is 18.9 Å². The first kappa shape index (κ1) is 14.1. The van der Waals surface area contributed by atoms with Gasteiger partial charge < -0.3 is 5.73 Å². The number of benzene rings is 1. The van der Waals surface area contributed by atoms with Crippen LogP contribution in [0.25, 0.3) is 0 Å². The summed E-state index contributed by atoms with van der Waals surface area (Å²) in [7, 11) is -3.78. The van der Waals surface area contributed by atoms with Crippen LogP contribution in [0.3, 0.4) is 0 Å². The molecule has 0 fully saturated rings. The van der Waals surface area contributed by atoms with E-state index >= 15 is 0 Å². The molecule has 3 N–H and O–H groups in total. The van der Waals surface area contributed by atoms with Crippen molar-refractivity contribution in [2.45, 2.75) is 31.2 Å². The molecule has 17 heavy (non-hydrogen) atoms. The van der Waals surface area contributed by atoms with Gasteiger partial charge in [-0.15, -0.1) is 0 Å². The van der Waals surface area contributed by atoms with E-state index in [1.807, 2.05) is 6.92 Å². The molecule has 0 saturated carbocycles. The molecule has 0 unspecified atom stereocenters. The highest BCUT2D eigenvalue weighted by Gasteiger charge is 2.18. The smallest absolute Gasteiger partial charge is 0.243 e. The van der Waals surface area contributed by atoms with Gasteiger partial charge in [0.15, 0.2) is 0 Å². The molecule has 1 aromatic rings. The summed E-state index contributed by atoms with van der Waals surface area (Å²) in [6, 6.07) is 3.86. The highest BCUT2D eigenvalue weighted by atomic mass is 32.2. The lowest BCUT2D eigenvalue weighted by molar-refractivity contribution is 0.554. The topological polar surface area (TPSA) is 72.2 Å². The molecule has 1 rings (SSSR count). The Morgan fingerprint density at radius 1 is 1.41 bits per heavy atom. The standard InChI is InChI=1S/C11H17FN2O2S/c1-2-3-6-14-17(15,16)11-7-9(8-13)4-5-10(11)12/h4-5,7,14H,2-3,6,8,13H2,1H3. The number of nitrogens with two attached hydrogens (primary N) is 1. The van der Waals surface area contributed by atoms with Crippen LogP contribution in [0.4, 0.5) is 4.39 Å². The van der Waals surface area contributed by atoms with E-state index in [4.69, 9.17) is 5.73 Å². The minimum absolute atomic E-state index is 0.178. The van der Waals surface area contributed by atoms with Gasteiger partial charge in [-0.2, -0.15) is 0 Å². The first-order valence-corrected chi connectivity index (χ1v) is 6.97. The second kappa shape index (κ2) is 6.09. The van der Waals surface area contributed by atoms with Gasteiger partial charge >= 0.3 is 0 Å². The molecule has 6 heteroatoms. The van der Waals surface area contributed by atoms with Gasteiger partial charge in [0.1, 0.15) is 10.7 Å². The molecule has 96 valence electrons. The van der Waals surface area contributed by atoms with Crippen molar-refractivity contribution < 1.29 is 12.8 Å². The summed E-state index contributed by atoms with van der Waals surface area (Å²) in [5.41, 5.74) is 5.98. The first-order valence-electron chi connectivity index (χ1n) is 5.49. The maximum Gasteiger partial charge on any atom is 0.243 e. The monoisotopic (exact) mass is 260 g/mol. The number of rotatable bonds is 6. The fourth-order valence-electron chi connectivity index (χ4n) is 1.34. The largest absolute Gasteiger partial charge is 0.326 e. The molecule has 0 aliphatic rings. The molecular formula is C11H17FN2O2S. The minimum atomic E-state index is -3.78. The van der Waals surface area contributed by atoms with Crippen molar-refractivity contribution in [1.82, 2.24) is 4.72 Å². The van der Waals surface area contributed by atoms with Crippen molar-refractivity contribution in [1.29, 1.82) is 0 Å². The van der Waals surface area contributed by atoms with E-state index in [2.05, 4.69) is 4.72 Å². The lowest BCUT2D eigenvalue weighted by Crippen LogP contribution is -2.25. The number of nitrogens with one attached hydrogen (secondary N) is 1. The number of halogens is 1. The summed E-state index contributed by atoms with van der Waals surface area (Å²) in [6.07, 6.45) is 1.59. The lowest BCUT2D eigenvalue weighted by atomic mass is 10.2. The summed E-state index contributed by atoms with van der Waals surface area (Å²) in [6.45, 7) is 2.44. The summed E-state index contributed by atoms with van der Waals surface area (Å²) in [5.74, 6) is -0.758. The highest BCUT2D eigenvalue weighted by molar-refractivity contribution is 7.89. The molecule has 1 aromatic carbocycles. The van der Waals surface area contributed by atoms with E-state index in [0.29, 0.717) is 12.1 Å². The van der Waals surface area contributed by atoms with Gasteiger partial charge in [0.2, 0.25) is 10.0 Å². The highest BCUT2D eigenvalue weighted by Crippen LogP contribution is 2.16. The van der Waals surface area contributed by atoms with Gasteiger partial charge in [-0.3, -0.25) is 0 Å². The number of hydrogen-bond acceptors (Lipinski definition) is 3. The summed E-state index contributed by atoms with van der Waals surface area (Å²) < 4.78 is 39.4. The molecule has 0 heterocycles. The molecule has 0 bridgehead atoms. The van der Waals surface area contributed by atoms with E-state index in [-0.39, 0.29) is 11.4 Å². The predicted octanol–water partition coefficient (Wildman–Crippen LogP) is 1.36. The third kappa shape index (κ3) is 3.76. The van der Waals surface area contributed by atoms with Gasteiger partial charge in [-0.1, -0.05) is 19.4 Å². The van der Waals surface area contributed by atoms with Crippen LogP contribution in [0, 0.1) is 5.82 Å². The first-order chi connectivity index (χ1) is 8.01. The SMILES string of the molecule is CCCCNS(=O)(=O)c1cc(CN)ccc1F. The van der Waals surface area contributed by atoms with E-state index in [1.54, 1.807) is 0 Å². The van der Waals surface area contributed by atoms with Crippen LogP contribution in [0.1, 0.15) is 25.3 Å². The van der Waals surface area contributed by atoms with Gasteiger partial charge in [-0.05, 0) is 24.1 Å². The van der Waals surface area contributed by atoms with Gasteiger partial charge in [0.25, 0.3) is 0 Å². The molecule has 0 saturated heterocycles. The predicted molar refractivity (Wildman–Crippen MR) is 64.4 cm³/mol. The van der Waals surface area contributed by atoms with Crippen LogP contribution in [0.2, 0.25) is 0 Å². The van der Waals surface area contributed by atoms with E-state index in [9.17, 15) is 12.8 Å². The minimum Gasteiger partial charge on any atom is -0.326 e. The van der Waals surface area contributed by atoms with Crippen molar-refractivity contribution in [2.24, 2.45) is 5.73 Å². The van der Waals surface area contributed by atoms with Crippen LogP contribution in [0.5, 0.6) is 0 Å². The van der Waals surface area contributed by atoms with Crippen LogP contribution < -0.4 is 10.5 Å². The lowest BCUT2D eigenvalue weighted by Gasteiger charge is -2.08. The summed E-state index contributed by atoms with van der Waals surface area (Å²) >= 11 is 0. The Morgan fingerprint density at radius 3 is 2.71 bits per heavy atom. The normalized spacial score (nSPS) is 11.7. The second-order valence-corrected chi connectivity index (χ2v) is 5.46. The Morgan fingerprint density at radius 2 is 2.12 bits per heavy atom. The van der Waals surface area contributed by atoms with Crippen molar-refractivity contribution in [3.05, 3.63) is 29.6 Å². The number of sulfonamides is 1. The van der Waals surface area contributed by atoms with Crippen LogP contribution in [-0.2, 0) is 16.6 Å². The number of unbranched alkanes of at least 4 members (excludes halogenated alkanes) is 1. The molecule has 0 amide bonds. The van der Waals surface area contributed by atoms with E-state index in [1.165, 1.54) is 12.1 Å². The molecule has 0 radical (unpaired) electrons. The average molecular weight is 260 g/mol. The summed E-state index contributed by atoms with van der Waals surface area (Å²) in [5, 5.41) is 0. The third-order valence-corrected chi connectivity index (χ3v) is 3.82. The molecule has 0 aliphatic heterocycles. The van der Waals surface area contributed by atoms with Gasteiger partial charge in [0, 0.05) is 13.1 Å². The fraction of sp³-hybridized carbons (Fsp3) is 0.455. The zero-order chi connectivity index (χ0) is 12.9. The maximum atomic E-state index is 13.5. The maximum absolute atomic E-state index is 13.5. The van der Waals surface area contributed by atoms with Crippen molar-refractivity contribution in [2.75, 3.05) is 6.54 Å².